The smallest absolute Gasteiger partial charge is 0.259 e. The van der Waals surface area contributed by atoms with Gasteiger partial charge in [-0.25, -0.2) is 0 Å². The van der Waals surface area contributed by atoms with Crippen molar-refractivity contribution >= 4 is 17.9 Å². The Hall–Kier alpha value is -2.22. The summed E-state index contributed by atoms with van der Waals surface area (Å²) in [6.45, 7) is 4.19. The molecule has 1 aliphatic rings. The number of amides is 1. The molecule has 1 fully saturated rings. The van der Waals surface area contributed by atoms with Crippen LogP contribution in [0.5, 0.6) is 0 Å². The SMILES string of the molecule is CC1CCN(c2ccc(/C=C(\C#N)C(N)=O)o2)CC1. The van der Waals surface area contributed by atoms with Crippen molar-refractivity contribution in [1.29, 1.82) is 5.26 Å². The summed E-state index contributed by atoms with van der Waals surface area (Å²) in [6.07, 6.45) is 3.67. The highest BCUT2D eigenvalue weighted by Gasteiger charge is 2.18. The first-order chi connectivity index (χ1) is 9.10. The summed E-state index contributed by atoms with van der Waals surface area (Å²) in [6, 6.07) is 5.36. The van der Waals surface area contributed by atoms with Crippen LogP contribution >= 0.6 is 0 Å². The quantitative estimate of drug-likeness (QED) is 0.664. The molecule has 0 bridgehead atoms. The number of piperidine rings is 1. The third-order valence-electron chi connectivity index (χ3n) is 3.38. The number of hydrogen-bond donors (Lipinski definition) is 1. The number of anilines is 1. The van der Waals surface area contributed by atoms with Crippen LogP contribution < -0.4 is 10.6 Å². The summed E-state index contributed by atoms with van der Waals surface area (Å²) in [5.74, 6) is 1.27. The van der Waals surface area contributed by atoms with Crippen molar-refractivity contribution in [2.75, 3.05) is 18.0 Å². The van der Waals surface area contributed by atoms with Crippen LogP contribution in [0.15, 0.2) is 22.1 Å². The van der Waals surface area contributed by atoms with E-state index in [1.807, 2.05) is 6.07 Å². The van der Waals surface area contributed by atoms with Gasteiger partial charge < -0.3 is 15.1 Å². The highest BCUT2D eigenvalue weighted by Crippen LogP contribution is 2.25. The predicted octanol–water partition coefficient (Wildman–Crippen LogP) is 1.91. The molecule has 0 saturated carbocycles. The first kappa shape index (κ1) is 13.2. The lowest BCUT2D eigenvalue weighted by Crippen LogP contribution is -2.32. The lowest BCUT2D eigenvalue weighted by atomic mass is 9.99. The molecule has 1 aromatic heterocycles. The van der Waals surface area contributed by atoms with Gasteiger partial charge in [-0.15, -0.1) is 0 Å². The van der Waals surface area contributed by atoms with Gasteiger partial charge in [0.1, 0.15) is 17.4 Å². The second-order valence-corrected chi connectivity index (χ2v) is 4.88. The molecule has 0 spiro atoms. The molecule has 1 aromatic rings. The van der Waals surface area contributed by atoms with E-state index < -0.39 is 5.91 Å². The first-order valence-electron chi connectivity index (χ1n) is 6.36. The van der Waals surface area contributed by atoms with Gasteiger partial charge in [-0.3, -0.25) is 4.79 Å². The van der Waals surface area contributed by atoms with Gasteiger partial charge in [-0.1, -0.05) is 6.92 Å². The van der Waals surface area contributed by atoms with Crippen LogP contribution in [0.3, 0.4) is 0 Å². The Bertz CT molecular complexity index is 531. The maximum atomic E-state index is 11.0. The Morgan fingerprint density at radius 3 is 2.79 bits per heavy atom. The molecular weight excluding hydrogens is 242 g/mol. The highest BCUT2D eigenvalue weighted by molar-refractivity contribution is 6.00. The van der Waals surface area contributed by atoms with Crippen molar-refractivity contribution in [2.24, 2.45) is 11.7 Å². The fourth-order valence-electron chi connectivity index (χ4n) is 2.12. The fraction of sp³-hybridized carbons (Fsp3) is 0.429. The van der Waals surface area contributed by atoms with Gasteiger partial charge in [0.05, 0.1) is 0 Å². The summed E-state index contributed by atoms with van der Waals surface area (Å²) in [5, 5.41) is 8.77. The van der Waals surface area contributed by atoms with Crippen LogP contribution in [-0.4, -0.2) is 19.0 Å². The highest BCUT2D eigenvalue weighted by atomic mass is 16.4. The van der Waals surface area contributed by atoms with Gasteiger partial charge in [0.25, 0.3) is 5.91 Å². The van der Waals surface area contributed by atoms with E-state index in [0.29, 0.717) is 5.76 Å². The Morgan fingerprint density at radius 1 is 1.53 bits per heavy atom. The molecule has 19 heavy (non-hydrogen) atoms. The van der Waals surface area contributed by atoms with Gasteiger partial charge >= 0.3 is 0 Å². The molecule has 5 heteroatoms. The largest absolute Gasteiger partial charge is 0.441 e. The van der Waals surface area contributed by atoms with Crippen LogP contribution in [0.25, 0.3) is 6.08 Å². The molecule has 100 valence electrons. The third kappa shape index (κ3) is 3.16. The average molecular weight is 259 g/mol. The second kappa shape index (κ2) is 5.61. The predicted molar refractivity (Wildman–Crippen MR) is 72.1 cm³/mol. The summed E-state index contributed by atoms with van der Waals surface area (Å²) in [4.78, 5) is 13.1. The fourth-order valence-corrected chi connectivity index (χ4v) is 2.12. The second-order valence-electron chi connectivity index (χ2n) is 4.88. The molecule has 1 saturated heterocycles. The molecule has 1 aliphatic heterocycles. The summed E-state index contributed by atoms with van der Waals surface area (Å²) in [5.41, 5.74) is 4.97. The maximum Gasteiger partial charge on any atom is 0.259 e. The maximum absolute atomic E-state index is 11.0. The number of furan rings is 1. The Balaban J connectivity index is 2.11. The molecule has 0 atom stereocenters. The van der Waals surface area contributed by atoms with E-state index >= 15 is 0 Å². The molecule has 0 radical (unpaired) electrons. The summed E-state index contributed by atoms with van der Waals surface area (Å²) >= 11 is 0. The Kier molecular flexibility index (Phi) is 3.91. The molecule has 2 N–H and O–H groups in total. The standard InChI is InChI=1S/C14H17N3O2/c1-10-4-6-17(7-5-10)13-3-2-12(19-13)8-11(9-15)14(16)18/h2-3,8,10H,4-7H2,1H3,(H2,16,18)/b11-8+. The minimum atomic E-state index is -0.743. The van der Waals surface area contributed by atoms with E-state index in [1.54, 1.807) is 12.1 Å². The van der Waals surface area contributed by atoms with E-state index in [1.165, 1.54) is 6.08 Å². The van der Waals surface area contributed by atoms with E-state index in [4.69, 9.17) is 15.4 Å². The van der Waals surface area contributed by atoms with Gasteiger partial charge in [0, 0.05) is 25.2 Å². The molecule has 2 heterocycles. The average Bonchev–Trinajstić information content (AvgIpc) is 2.85. The van der Waals surface area contributed by atoms with Crippen molar-refractivity contribution in [3.8, 4) is 6.07 Å². The van der Waals surface area contributed by atoms with Crippen molar-refractivity contribution in [1.82, 2.24) is 0 Å². The molecule has 0 unspecified atom stereocenters. The molecular formula is C14H17N3O2. The molecule has 0 aromatic carbocycles. The van der Waals surface area contributed by atoms with Crippen LogP contribution in [0.4, 0.5) is 5.88 Å². The molecule has 0 aliphatic carbocycles. The normalized spacial score (nSPS) is 17.3. The van der Waals surface area contributed by atoms with E-state index in [2.05, 4.69) is 11.8 Å². The van der Waals surface area contributed by atoms with Crippen LogP contribution in [0.2, 0.25) is 0 Å². The molecule has 2 rings (SSSR count). The lowest BCUT2D eigenvalue weighted by Gasteiger charge is -2.29. The molecule has 1 amide bonds. The lowest BCUT2D eigenvalue weighted by molar-refractivity contribution is -0.114. The number of nitrogens with two attached hydrogens (primary N) is 1. The Labute approximate surface area is 112 Å². The topological polar surface area (TPSA) is 83.3 Å². The zero-order valence-corrected chi connectivity index (χ0v) is 10.9. The van der Waals surface area contributed by atoms with Gasteiger partial charge in [0.15, 0.2) is 5.88 Å². The summed E-state index contributed by atoms with van der Waals surface area (Å²) in [7, 11) is 0. The van der Waals surface area contributed by atoms with Gasteiger partial charge in [-0.2, -0.15) is 5.26 Å². The summed E-state index contributed by atoms with van der Waals surface area (Å²) < 4.78 is 5.63. The number of hydrogen-bond acceptors (Lipinski definition) is 4. The van der Waals surface area contributed by atoms with E-state index in [0.717, 1.165) is 37.7 Å². The molecule has 5 nitrogen and oxygen atoms in total. The number of primary amides is 1. The zero-order chi connectivity index (χ0) is 13.8. The van der Waals surface area contributed by atoms with Crippen molar-refractivity contribution in [2.45, 2.75) is 19.8 Å². The van der Waals surface area contributed by atoms with Gasteiger partial charge in [-0.05, 0) is 24.8 Å². The van der Waals surface area contributed by atoms with Crippen molar-refractivity contribution in [3.05, 3.63) is 23.5 Å². The van der Waals surface area contributed by atoms with Crippen molar-refractivity contribution in [3.63, 3.8) is 0 Å². The number of carbonyl (C=O) groups excluding carboxylic acids is 1. The monoisotopic (exact) mass is 259 g/mol. The van der Waals surface area contributed by atoms with E-state index in [9.17, 15) is 4.79 Å². The van der Waals surface area contributed by atoms with Gasteiger partial charge in [0.2, 0.25) is 0 Å². The van der Waals surface area contributed by atoms with Crippen LogP contribution in [-0.2, 0) is 4.79 Å². The third-order valence-corrected chi connectivity index (χ3v) is 3.38. The minimum absolute atomic E-state index is 0.104. The van der Waals surface area contributed by atoms with Crippen molar-refractivity contribution < 1.29 is 9.21 Å². The number of rotatable bonds is 3. The van der Waals surface area contributed by atoms with Crippen LogP contribution in [0, 0.1) is 17.2 Å². The number of nitrogens with zero attached hydrogens (tertiary/aromatic N) is 2. The Morgan fingerprint density at radius 2 is 2.21 bits per heavy atom. The number of carbonyl (C=O) groups is 1. The zero-order valence-electron chi connectivity index (χ0n) is 10.9. The number of nitriles is 1. The van der Waals surface area contributed by atoms with E-state index in [-0.39, 0.29) is 5.57 Å². The first-order valence-corrected chi connectivity index (χ1v) is 6.36. The minimum Gasteiger partial charge on any atom is -0.441 e. The van der Waals surface area contributed by atoms with Crippen LogP contribution in [0.1, 0.15) is 25.5 Å².